The quantitative estimate of drug-likeness (QED) is 0.388. The lowest BCUT2D eigenvalue weighted by molar-refractivity contribution is -0.131. The van der Waals surface area contributed by atoms with Gasteiger partial charge in [0, 0.05) is 12.1 Å². The molecule has 6 heteroatoms. The number of carbonyl (C=O) groups excluding carboxylic acids is 2. The van der Waals surface area contributed by atoms with E-state index < -0.39 is 5.97 Å². The number of fused-ring (bicyclic) bond motifs is 1. The zero-order chi connectivity index (χ0) is 24.2. The van der Waals surface area contributed by atoms with Gasteiger partial charge in [-0.25, -0.2) is 9.80 Å². The van der Waals surface area contributed by atoms with Gasteiger partial charge in [-0.05, 0) is 52.2 Å². The number of amides is 1. The Labute approximate surface area is 203 Å². The van der Waals surface area contributed by atoms with E-state index in [1.54, 1.807) is 29.3 Å². The van der Waals surface area contributed by atoms with Gasteiger partial charge in [0.05, 0.1) is 31.0 Å². The van der Waals surface area contributed by atoms with Gasteiger partial charge in [-0.15, -0.1) is 0 Å². The monoisotopic (exact) mass is 463 g/mol. The fraction of sp³-hybridized carbons (Fsp3) is 0.138. The number of nitrogens with one attached hydrogen (secondary N) is 1. The number of hydrogen-bond donors (Lipinski definition) is 1. The first-order valence-electron chi connectivity index (χ1n) is 11.5. The Balaban J connectivity index is 1.37. The minimum absolute atomic E-state index is 0.0788. The van der Waals surface area contributed by atoms with Crippen molar-refractivity contribution in [1.82, 2.24) is 5.01 Å². The summed E-state index contributed by atoms with van der Waals surface area (Å²) in [5, 5.41) is 11.8. The van der Waals surface area contributed by atoms with E-state index in [1.165, 1.54) is 12.5 Å². The maximum Gasteiger partial charge on any atom is 0.337 e. The molecule has 0 aromatic heterocycles. The maximum atomic E-state index is 13.3. The van der Waals surface area contributed by atoms with Gasteiger partial charge in [0.15, 0.2) is 0 Å². The highest BCUT2D eigenvalue weighted by Gasteiger charge is 2.32. The summed E-state index contributed by atoms with van der Waals surface area (Å²) in [6.07, 6.45) is 0.641. The Morgan fingerprint density at radius 2 is 1.63 bits per heavy atom. The van der Waals surface area contributed by atoms with Crippen LogP contribution in [0, 0.1) is 0 Å². The van der Waals surface area contributed by atoms with Crippen LogP contribution in [0.1, 0.15) is 33.9 Å². The number of hydrazone groups is 1. The molecule has 4 aromatic carbocycles. The summed E-state index contributed by atoms with van der Waals surface area (Å²) in [6.45, 7) is 0.0788. The summed E-state index contributed by atoms with van der Waals surface area (Å²) < 4.78 is 4.73. The lowest BCUT2D eigenvalue weighted by Crippen LogP contribution is -2.32. The molecule has 0 unspecified atom stereocenters. The van der Waals surface area contributed by atoms with Gasteiger partial charge in [0.2, 0.25) is 0 Å². The first-order valence-corrected chi connectivity index (χ1v) is 11.5. The summed E-state index contributed by atoms with van der Waals surface area (Å²) in [4.78, 5) is 24.9. The van der Waals surface area contributed by atoms with Crippen molar-refractivity contribution in [3.8, 4) is 0 Å². The first kappa shape index (κ1) is 22.3. The summed E-state index contributed by atoms with van der Waals surface area (Å²) in [6, 6.07) is 31.2. The molecule has 0 fully saturated rings. The minimum Gasteiger partial charge on any atom is -0.465 e. The third kappa shape index (κ3) is 4.77. The van der Waals surface area contributed by atoms with Crippen LogP contribution in [-0.2, 0) is 9.53 Å². The SMILES string of the molecule is COC(=O)c1ccc(NCC(=O)N2N=C(c3ccc4ccccc4c3)C[C@@H]2c2ccccc2)cc1. The highest BCUT2D eigenvalue weighted by atomic mass is 16.5. The number of ether oxygens (including phenoxy) is 1. The molecule has 1 N–H and O–H groups in total. The van der Waals surface area contributed by atoms with Crippen molar-refractivity contribution in [2.24, 2.45) is 5.10 Å². The molecule has 0 radical (unpaired) electrons. The number of benzene rings is 4. The van der Waals surface area contributed by atoms with Crippen molar-refractivity contribution in [3.05, 3.63) is 114 Å². The van der Waals surface area contributed by atoms with Crippen LogP contribution in [0.2, 0.25) is 0 Å². The van der Waals surface area contributed by atoms with Crippen LogP contribution in [0.25, 0.3) is 10.8 Å². The Hall–Kier alpha value is -4.45. The third-order valence-electron chi connectivity index (χ3n) is 6.18. The molecule has 1 heterocycles. The molecule has 0 saturated heterocycles. The lowest BCUT2D eigenvalue weighted by atomic mass is 9.97. The van der Waals surface area contributed by atoms with E-state index in [0.29, 0.717) is 12.0 Å². The zero-order valence-corrected chi connectivity index (χ0v) is 19.3. The van der Waals surface area contributed by atoms with Gasteiger partial charge < -0.3 is 10.1 Å². The number of carbonyl (C=O) groups is 2. The summed E-state index contributed by atoms with van der Waals surface area (Å²) in [7, 11) is 1.35. The van der Waals surface area contributed by atoms with Gasteiger partial charge in [-0.1, -0.05) is 66.7 Å². The predicted molar refractivity (Wildman–Crippen MR) is 137 cm³/mol. The van der Waals surface area contributed by atoms with Crippen LogP contribution in [-0.4, -0.2) is 36.3 Å². The molecule has 0 bridgehead atoms. The molecule has 1 amide bonds. The van der Waals surface area contributed by atoms with Crippen LogP contribution in [0.5, 0.6) is 0 Å². The Morgan fingerprint density at radius 3 is 2.37 bits per heavy atom. The van der Waals surface area contributed by atoms with Crippen molar-refractivity contribution < 1.29 is 14.3 Å². The molecule has 35 heavy (non-hydrogen) atoms. The average molecular weight is 464 g/mol. The maximum absolute atomic E-state index is 13.3. The molecule has 4 aromatic rings. The largest absolute Gasteiger partial charge is 0.465 e. The Kier molecular flexibility index (Phi) is 6.26. The highest BCUT2D eigenvalue weighted by molar-refractivity contribution is 6.05. The normalized spacial score (nSPS) is 15.1. The minimum atomic E-state index is -0.397. The molecule has 0 saturated carbocycles. The van der Waals surface area contributed by atoms with Gasteiger partial charge >= 0.3 is 5.97 Å². The van der Waals surface area contributed by atoms with Crippen LogP contribution in [0.4, 0.5) is 5.69 Å². The number of rotatable bonds is 6. The topological polar surface area (TPSA) is 71.0 Å². The molecule has 6 nitrogen and oxygen atoms in total. The van der Waals surface area contributed by atoms with Gasteiger partial charge in [-0.3, -0.25) is 4.79 Å². The average Bonchev–Trinajstić information content (AvgIpc) is 3.37. The number of anilines is 1. The fourth-order valence-electron chi connectivity index (χ4n) is 4.32. The van der Waals surface area contributed by atoms with Gasteiger partial charge in [-0.2, -0.15) is 5.10 Å². The van der Waals surface area contributed by atoms with Crippen LogP contribution >= 0.6 is 0 Å². The van der Waals surface area contributed by atoms with Crippen LogP contribution < -0.4 is 5.32 Å². The fourth-order valence-corrected chi connectivity index (χ4v) is 4.32. The smallest absolute Gasteiger partial charge is 0.337 e. The number of methoxy groups -OCH3 is 1. The van der Waals surface area contributed by atoms with Crippen molar-refractivity contribution in [3.63, 3.8) is 0 Å². The van der Waals surface area contributed by atoms with E-state index in [1.807, 2.05) is 42.5 Å². The van der Waals surface area contributed by atoms with Gasteiger partial charge in [0.1, 0.15) is 0 Å². The predicted octanol–water partition coefficient (Wildman–Crippen LogP) is 5.42. The number of hydrogen-bond acceptors (Lipinski definition) is 5. The summed E-state index contributed by atoms with van der Waals surface area (Å²) in [5.41, 5.74) is 4.15. The molecule has 1 aliphatic rings. The number of esters is 1. The van der Waals surface area contributed by atoms with E-state index in [4.69, 9.17) is 9.84 Å². The second-order valence-electron chi connectivity index (χ2n) is 8.40. The van der Waals surface area contributed by atoms with E-state index in [-0.39, 0.29) is 18.5 Å². The Bertz CT molecular complexity index is 1400. The standard InChI is InChI=1S/C29H25N3O3/c1-35-29(34)22-13-15-25(16-14-22)30-19-28(33)32-27(21-8-3-2-4-9-21)18-26(31-32)24-12-11-20-7-5-6-10-23(20)17-24/h2-17,27,30H,18-19H2,1H3/t27-/m1/s1. The first-order chi connectivity index (χ1) is 17.1. The summed E-state index contributed by atoms with van der Waals surface area (Å²) in [5.74, 6) is -0.530. The van der Waals surface area contributed by atoms with Crippen LogP contribution in [0.15, 0.2) is 102 Å². The van der Waals surface area contributed by atoms with Crippen molar-refractivity contribution in [1.29, 1.82) is 0 Å². The molecular weight excluding hydrogens is 438 g/mol. The van der Waals surface area contributed by atoms with E-state index in [9.17, 15) is 9.59 Å². The molecule has 1 atom stereocenters. The second-order valence-corrected chi connectivity index (χ2v) is 8.40. The van der Waals surface area contributed by atoms with Crippen molar-refractivity contribution in [2.75, 3.05) is 19.0 Å². The molecule has 174 valence electrons. The lowest BCUT2D eigenvalue weighted by Gasteiger charge is -2.22. The summed E-state index contributed by atoms with van der Waals surface area (Å²) >= 11 is 0. The third-order valence-corrected chi connectivity index (χ3v) is 6.18. The Morgan fingerprint density at radius 1 is 0.914 bits per heavy atom. The molecule has 0 aliphatic carbocycles. The number of nitrogens with zero attached hydrogens (tertiary/aromatic N) is 2. The van der Waals surface area contributed by atoms with Crippen molar-refractivity contribution in [2.45, 2.75) is 12.5 Å². The van der Waals surface area contributed by atoms with Crippen LogP contribution in [0.3, 0.4) is 0 Å². The van der Waals surface area contributed by atoms with E-state index >= 15 is 0 Å². The molecule has 0 spiro atoms. The molecular formula is C29H25N3O3. The molecule has 1 aliphatic heterocycles. The zero-order valence-electron chi connectivity index (χ0n) is 19.3. The molecule has 5 rings (SSSR count). The van der Waals surface area contributed by atoms with Crippen molar-refractivity contribution >= 4 is 34.0 Å². The van der Waals surface area contributed by atoms with Gasteiger partial charge in [0.25, 0.3) is 5.91 Å². The van der Waals surface area contributed by atoms with E-state index in [2.05, 4.69) is 35.6 Å². The second kappa shape index (κ2) is 9.81. The highest BCUT2D eigenvalue weighted by Crippen LogP contribution is 2.33. The van der Waals surface area contributed by atoms with E-state index in [0.717, 1.165) is 27.9 Å².